The van der Waals surface area contributed by atoms with Gasteiger partial charge in [-0.05, 0) is 19.8 Å². The molecule has 114 valence electrons. The Morgan fingerprint density at radius 1 is 1.29 bits per heavy atom. The lowest BCUT2D eigenvalue weighted by Crippen LogP contribution is -2.10. The molecule has 0 aliphatic rings. The zero-order valence-electron chi connectivity index (χ0n) is 13.3. The molecule has 0 atom stereocenters. The molecule has 0 radical (unpaired) electrons. The van der Waals surface area contributed by atoms with Gasteiger partial charge in [0.1, 0.15) is 17.5 Å². The largest absolute Gasteiger partial charge is 0.383 e. The summed E-state index contributed by atoms with van der Waals surface area (Å²) in [5.74, 6) is 2.17. The quantitative estimate of drug-likeness (QED) is 0.852. The molecule has 2 heterocycles. The van der Waals surface area contributed by atoms with Gasteiger partial charge in [0, 0.05) is 37.3 Å². The van der Waals surface area contributed by atoms with Gasteiger partial charge >= 0.3 is 0 Å². The maximum Gasteiger partial charge on any atom is 0.135 e. The van der Waals surface area contributed by atoms with Gasteiger partial charge in [0.05, 0.1) is 5.69 Å². The van der Waals surface area contributed by atoms with Crippen LogP contribution in [0.2, 0.25) is 0 Å². The van der Waals surface area contributed by atoms with Crippen molar-refractivity contribution in [3.8, 4) is 0 Å². The number of hydrogen-bond donors (Lipinski definition) is 2. The first kappa shape index (κ1) is 15.3. The van der Waals surface area contributed by atoms with Crippen LogP contribution in [0.4, 0.5) is 11.6 Å². The highest BCUT2D eigenvalue weighted by molar-refractivity contribution is 5.55. The third-order valence-corrected chi connectivity index (χ3v) is 3.48. The number of nitrogens with one attached hydrogen (secondary N) is 1. The second-order valence-electron chi connectivity index (χ2n) is 5.23. The first-order valence-electron chi connectivity index (χ1n) is 7.43. The number of anilines is 2. The smallest absolute Gasteiger partial charge is 0.135 e. The Morgan fingerprint density at radius 3 is 2.71 bits per heavy atom. The first-order chi connectivity index (χ1) is 10.0. The maximum absolute atomic E-state index is 5.97. The highest BCUT2D eigenvalue weighted by atomic mass is 15.3. The number of aryl methyl sites for hydroxylation is 3. The molecule has 0 aromatic carbocycles. The monoisotopic (exact) mass is 288 g/mol. The molecular formula is C15H24N6. The van der Waals surface area contributed by atoms with E-state index < -0.39 is 0 Å². The minimum Gasteiger partial charge on any atom is -0.383 e. The molecule has 6 heteroatoms. The molecule has 2 rings (SSSR count). The summed E-state index contributed by atoms with van der Waals surface area (Å²) in [6.45, 7) is 6.85. The molecule has 0 amide bonds. The van der Waals surface area contributed by atoms with Gasteiger partial charge in [-0.3, -0.25) is 4.68 Å². The van der Waals surface area contributed by atoms with Crippen molar-refractivity contribution in [3.63, 3.8) is 0 Å². The molecule has 0 fully saturated rings. The van der Waals surface area contributed by atoms with Crippen molar-refractivity contribution in [2.24, 2.45) is 7.05 Å². The third-order valence-electron chi connectivity index (χ3n) is 3.48. The van der Waals surface area contributed by atoms with Crippen molar-refractivity contribution in [2.45, 2.75) is 46.6 Å². The molecule has 0 aliphatic heterocycles. The van der Waals surface area contributed by atoms with E-state index in [0.29, 0.717) is 12.4 Å². The molecule has 0 unspecified atom stereocenters. The summed E-state index contributed by atoms with van der Waals surface area (Å²) in [6.07, 6.45) is 4.80. The number of nitrogen functional groups attached to an aromatic ring is 1. The summed E-state index contributed by atoms with van der Waals surface area (Å²) < 4.78 is 1.85. The van der Waals surface area contributed by atoms with E-state index in [1.54, 1.807) is 0 Å². The first-order valence-corrected chi connectivity index (χ1v) is 7.43. The normalized spacial score (nSPS) is 10.9. The van der Waals surface area contributed by atoms with Crippen molar-refractivity contribution in [1.82, 2.24) is 19.7 Å². The van der Waals surface area contributed by atoms with Crippen LogP contribution in [0.25, 0.3) is 0 Å². The van der Waals surface area contributed by atoms with E-state index >= 15 is 0 Å². The fourth-order valence-electron chi connectivity index (χ4n) is 2.30. The summed E-state index contributed by atoms with van der Waals surface area (Å²) in [6, 6.07) is 0. The van der Waals surface area contributed by atoms with Crippen molar-refractivity contribution in [3.05, 3.63) is 28.8 Å². The van der Waals surface area contributed by atoms with Gasteiger partial charge in [0.2, 0.25) is 0 Å². The second kappa shape index (κ2) is 6.56. The molecule has 0 bridgehead atoms. The van der Waals surface area contributed by atoms with Crippen LogP contribution in [-0.2, 0) is 26.4 Å². The van der Waals surface area contributed by atoms with E-state index in [2.05, 4.69) is 34.2 Å². The molecule has 0 spiro atoms. The van der Waals surface area contributed by atoms with E-state index in [0.717, 1.165) is 42.2 Å². The van der Waals surface area contributed by atoms with Gasteiger partial charge in [0.15, 0.2) is 0 Å². The molecule has 21 heavy (non-hydrogen) atoms. The second-order valence-corrected chi connectivity index (χ2v) is 5.23. The average molecular weight is 288 g/mol. The Morgan fingerprint density at radius 2 is 2.05 bits per heavy atom. The summed E-state index contributed by atoms with van der Waals surface area (Å²) in [5.41, 5.74) is 9.17. The van der Waals surface area contributed by atoms with Crippen molar-refractivity contribution >= 4 is 11.6 Å². The number of aromatic nitrogens is 4. The van der Waals surface area contributed by atoms with Crippen LogP contribution in [0, 0.1) is 6.92 Å². The molecule has 0 saturated carbocycles. The van der Waals surface area contributed by atoms with E-state index in [4.69, 9.17) is 5.73 Å². The lowest BCUT2D eigenvalue weighted by molar-refractivity contribution is 0.746. The molecule has 6 nitrogen and oxygen atoms in total. The lowest BCUT2D eigenvalue weighted by atomic mass is 10.2. The molecular weight excluding hydrogens is 264 g/mol. The topological polar surface area (TPSA) is 81.6 Å². The Kier molecular flexibility index (Phi) is 4.77. The zero-order valence-corrected chi connectivity index (χ0v) is 13.3. The van der Waals surface area contributed by atoms with Gasteiger partial charge in [-0.1, -0.05) is 13.8 Å². The van der Waals surface area contributed by atoms with Gasteiger partial charge in [0.25, 0.3) is 0 Å². The van der Waals surface area contributed by atoms with Crippen molar-refractivity contribution < 1.29 is 0 Å². The van der Waals surface area contributed by atoms with E-state index in [-0.39, 0.29) is 0 Å². The predicted molar refractivity (Wildman–Crippen MR) is 85.1 cm³/mol. The van der Waals surface area contributed by atoms with Crippen LogP contribution < -0.4 is 11.1 Å². The number of nitrogens with zero attached hydrogens (tertiary/aromatic N) is 4. The zero-order chi connectivity index (χ0) is 15.4. The lowest BCUT2D eigenvalue weighted by Gasteiger charge is -2.11. The Balaban J connectivity index is 2.19. The maximum atomic E-state index is 5.97. The van der Waals surface area contributed by atoms with Crippen LogP contribution >= 0.6 is 0 Å². The van der Waals surface area contributed by atoms with Crippen molar-refractivity contribution in [1.29, 1.82) is 0 Å². The van der Waals surface area contributed by atoms with Crippen LogP contribution in [0.1, 0.15) is 42.9 Å². The molecule has 2 aromatic rings. The fourth-order valence-corrected chi connectivity index (χ4v) is 2.30. The number of rotatable bonds is 6. The van der Waals surface area contributed by atoms with Gasteiger partial charge in [-0.2, -0.15) is 5.10 Å². The van der Waals surface area contributed by atoms with Gasteiger partial charge < -0.3 is 11.1 Å². The molecule has 0 saturated heterocycles. The summed E-state index contributed by atoms with van der Waals surface area (Å²) in [4.78, 5) is 8.90. The average Bonchev–Trinajstić information content (AvgIpc) is 2.81. The van der Waals surface area contributed by atoms with Crippen molar-refractivity contribution in [2.75, 3.05) is 11.1 Å². The minimum atomic E-state index is 0.554. The third kappa shape index (κ3) is 3.51. The molecule has 3 N–H and O–H groups in total. The fraction of sp³-hybridized carbons (Fsp3) is 0.533. The summed E-state index contributed by atoms with van der Waals surface area (Å²) in [5, 5.41) is 7.82. The highest BCUT2D eigenvalue weighted by Crippen LogP contribution is 2.19. The highest BCUT2D eigenvalue weighted by Gasteiger charge is 2.10. The number of hydrogen-bond acceptors (Lipinski definition) is 5. The van der Waals surface area contributed by atoms with Gasteiger partial charge in [-0.25, -0.2) is 9.97 Å². The van der Waals surface area contributed by atoms with Crippen LogP contribution in [-0.4, -0.2) is 19.7 Å². The van der Waals surface area contributed by atoms with Crippen LogP contribution in [0.5, 0.6) is 0 Å². The summed E-state index contributed by atoms with van der Waals surface area (Å²) in [7, 11) is 1.94. The summed E-state index contributed by atoms with van der Waals surface area (Å²) >= 11 is 0. The van der Waals surface area contributed by atoms with E-state index in [9.17, 15) is 0 Å². The standard InChI is InChI=1S/C15H24N6/c1-5-7-13-18-14(16)10(3)15(19-13)17-8-11-9-21(4)20-12(11)6-2/h9H,5-8H2,1-4H3,(H3,16,17,18,19). The molecule has 2 aromatic heterocycles. The Hall–Kier alpha value is -2.11. The number of nitrogens with two attached hydrogens (primary N) is 1. The minimum absolute atomic E-state index is 0.554. The van der Waals surface area contributed by atoms with Gasteiger partial charge in [-0.15, -0.1) is 0 Å². The predicted octanol–water partition coefficient (Wildman–Crippen LogP) is 2.23. The van der Waals surface area contributed by atoms with Crippen LogP contribution in [0.3, 0.4) is 0 Å². The van der Waals surface area contributed by atoms with E-state index in [1.807, 2.05) is 24.9 Å². The SMILES string of the molecule is CCCc1nc(N)c(C)c(NCc2cn(C)nc2CC)n1. The van der Waals surface area contributed by atoms with E-state index in [1.165, 1.54) is 5.56 Å². The Labute approximate surface area is 125 Å². The van der Waals surface area contributed by atoms with Crippen LogP contribution in [0.15, 0.2) is 6.20 Å². The molecule has 0 aliphatic carbocycles. The Bertz CT molecular complexity index is 617.